The lowest BCUT2D eigenvalue weighted by atomic mass is 10.1. The fraction of sp³-hybridized carbons (Fsp3) is 0.214. The summed E-state index contributed by atoms with van der Waals surface area (Å²) in [5.41, 5.74) is 22.3. The van der Waals surface area contributed by atoms with Crippen LogP contribution in [-0.2, 0) is 30.1 Å². The number of fused-ring (bicyclic) bond motifs is 4. The minimum absolute atomic E-state index is 0.00297. The predicted molar refractivity (Wildman–Crippen MR) is 400 cm³/mol. The molecule has 9 N–H and O–H groups in total. The number of rotatable bonds is 15. The van der Waals surface area contributed by atoms with Gasteiger partial charge in [0.1, 0.15) is 80.8 Å². The average Bonchev–Trinajstić information content (AvgIpc) is 1.47. The van der Waals surface area contributed by atoms with Crippen molar-refractivity contribution in [2.75, 3.05) is 31.4 Å². The Bertz CT molecular complexity index is 5900. The van der Waals surface area contributed by atoms with Crippen LogP contribution < -0.4 is 31.4 Å². The number of anilines is 6. The van der Waals surface area contributed by atoms with Gasteiger partial charge in [0.05, 0.1) is 71.3 Å². The first-order valence-electron chi connectivity index (χ1n) is 32.7. The van der Waals surface area contributed by atoms with Gasteiger partial charge in [0.25, 0.3) is 30.1 Å². The first-order valence-corrected chi connectivity index (χ1v) is 39.1. The van der Waals surface area contributed by atoms with E-state index in [2.05, 4.69) is 60.0 Å². The van der Waals surface area contributed by atoms with Crippen molar-refractivity contribution in [2.45, 2.75) is 110 Å². The standard InChI is InChI=1S/C26H23FN6O2S.C22H20BrFN6O2S.C22H18Cl3FN6O2S/c27-20-14-17(24-23-25(28)29-15-30-26(23)33(31-24)18-8-2-3-9-18)12-13-21(20)32-36(34,35)22-11-5-7-16-6-1-4-10-19(16)22;23-15-7-3-4-8-18(15)33(31,32)29-17-10-9-13(11-16(17)24)20-19-21(25)26-12-27-22(19)30(28-20)14-5-1-2-6-14;23-13-8-15(25)18(9-14(13)24)35(33,34)31-17-6-5-11(7-16(17)26)20-19-21(27)28-10-29-22(19)32(30-20)12-3-1-2-4-12/h1,4-7,10-15,18,32H,2-3,8-9H2,(H2,28,29,30);3-4,7-12,14,29H,1-2,5-6H2,(H2,25,26,27);5-10,12,31H,1-4H2,(H2,27,28,29). The van der Waals surface area contributed by atoms with Crippen LogP contribution in [0.4, 0.5) is 47.7 Å². The van der Waals surface area contributed by atoms with Gasteiger partial charge in [-0.3, -0.25) is 14.2 Å². The van der Waals surface area contributed by atoms with E-state index in [1.54, 1.807) is 54.6 Å². The molecule has 0 amide bonds. The first-order chi connectivity index (χ1) is 49.9. The second-order valence-corrected chi connectivity index (χ2v) is 32.1. The Hall–Kier alpha value is -9.76. The van der Waals surface area contributed by atoms with Crippen LogP contribution in [0.3, 0.4) is 0 Å². The van der Waals surface area contributed by atoms with Gasteiger partial charge in [-0.15, -0.1) is 0 Å². The molecule has 0 aliphatic heterocycles. The minimum Gasteiger partial charge on any atom is -0.383 e. The molecular weight excluding hydrogens is 1530 g/mol. The largest absolute Gasteiger partial charge is 0.383 e. The fourth-order valence-electron chi connectivity index (χ4n) is 13.4. The molecule has 3 aliphatic rings. The second kappa shape index (κ2) is 29.1. The van der Waals surface area contributed by atoms with Gasteiger partial charge in [0.15, 0.2) is 16.9 Å². The number of nitrogens with two attached hydrogens (primary N) is 3. The van der Waals surface area contributed by atoms with Crippen LogP contribution in [0.15, 0.2) is 172 Å². The summed E-state index contributed by atoms with van der Waals surface area (Å²) in [7, 11) is -12.3. The fourth-order valence-corrected chi connectivity index (χ4v) is 18.9. The van der Waals surface area contributed by atoms with Crippen LogP contribution in [0.5, 0.6) is 0 Å². The molecule has 6 aromatic heterocycles. The number of nitrogens with zero attached hydrogens (tertiary/aromatic N) is 12. The summed E-state index contributed by atoms with van der Waals surface area (Å²) < 4.78 is 136. The van der Waals surface area contributed by atoms with Crippen molar-refractivity contribution in [1.29, 1.82) is 0 Å². The highest BCUT2D eigenvalue weighted by Crippen LogP contribution is 2.43. The van der Waals surface area contributed by atoms with Crippen LogP contribution in [0.2, 0.25) is 15.1 Å². The smallest absolute Gasteiger partial charge is 0.263 e. The molecule has 0 unspecified atom stereocenters. The molecule has 24 nitrogen and oxygen atoms in total. The number of aromatic nitrogens is 12. The number of halogens is 7. The maximum absolute atomic E-state index is 15.3. The maximum atomic E-state index is 15.3. The van der Waals surface area contributed by atoms with Crippen LogP contribution in [0.25, 0.3) is 77.6 Å². The van der Waals surface area contributed by atoms with Crippen molar-refractivity contribution < 1.29 is 38.4 Å². The lowest BCUT2D eigenvalue weighted by molar-refractivity contribution is 0.479. The highest BCUT2D eigenvalue weighted by atomic mass is 79.9. The monoisotopic (exact) mass is 1590 g/mol. The third-order valence-corrected chi connectivity index (χ3v) is 24.8. The Morgan fingerprint density at radius 2 is 0.750 bits per heavy atom. The summed E-state index contributed by atoms with van der Waals surface area (Å²) in [6.45, 7) is 0. The zero-order chi connectivity index (χ0) is 72.9. The Kier molecular flexibility index (Phi) is 19.9. The van der Waals surface area contributed by atoms with Crippen molar-refractivity contribution in [2.24, 2.45) is 0 Å². The number of nitrogens with one attached hydrogen (secondary N) is 3. The summed E-state index contributed by atoms with van der Waals surface area (Å²) in [6.07, 6.45) is 16.7. The van der Waals surface area contributed by atoms with Crippen molar-refractivity contribution in [3.63, 3.8) is 0 Å². The highest BCUT2D eigenvalue weighted by Gasteiger charge is 2.31. The molecule has 3 fully saturated rings. The molecule has 7 aromatic carbocycles. The molecule has 0 radical (unpaired) electrons. The summed E-state index contributed by atoms with van der Waals surface area (Å²) in [5, 5.41) is 17.1. The lowest BCUT2D eigenvalue weighted by Gasteiger charge is -2.12. The van der Waals surface area contributed by atoms with Gasteiger partial charge >= 0.3 is 0 Å². The maximum Gasteiger partial charge on any atom is 0.263 e. The highest BCUT2D eigenvalue weighted by molar-refractivity contribution is 9.10. The van der Waals surface area contributed by atoms with E-state index in [0.29, 0.717) is 76.7 Å². The molecule has 3 saturated carbocycles. The van der Waals surface area contributed by atoms with Crippen LogP contribution in [-0.4, -0.2) is 84.5 Å². The number of benzene rings is 7. The van der Waals surface area contributed by atoms with E-state index in [-0.39, 0.29) is 82.4 Å². The van der Waals surface area contributed by atoms with E-state index in [1.165, 1.54) is 73.6 Å². The zero-order valence-corrected chi connectivity index (χ0v) is 60.9. The summed E-state index contributed by atoms with van der Waals surface area (Å²) in [5.74, 6) is -1.52. The van der Waals surface area contributed by atoms with Crippen LogP contribution in [0.1, 0.15) is 95.2 Å². The van der Waals surface area contributed by atoms with Gasteiger partial charge in [-0.05, 0) is 127 Å². The van der Waals surface area contributed by atoms with Crippen molar-refractivity contribution in [3.8, 4) is 33.8 Å². The Balaban J connectivity index is 0.000000132. The molecule has 0 atom stereocenters. The molecule has 0 bridgehead atoms. The molecule has 16 rings (SSSR count). The Labute approximate surface area is 616 Å². The van der Waals surface area contributed by atoms with E-state index in [0.717, 1.165) is 88.5 Å². The van der Waals surface area contributed by atoms with E-state index in [9.17, 15) is 25.3 Å². The van der Waals surface area contributed by atoms with Crippen LogP contribution >= 0.6 is 50.7 Å². The lowest BCUT2D eigenvalue weighted by Crippen LogP contribution is -2.14. The van der Waals surface area contributed by atoms with Gasteiger partial charge in [-0.25, -0.2) is 82.4 Å². The van der Waals surface area contributed by atoms with Crippen molar-refractivity contribution >= 4 is 159 Å². The van der Waals surface area contributed by atoms with Crippen molar-refractivity contribution in [1.82, 2.24) is 59.2 Å². The topological polar surface area (TPSA) is 347 Å². The number of sulfonamides is 3. The Morgan fingerprint density at radius 1 is 0.404 bits per heavy atom. The van der Waals surface area contributed by atoms with E-state index < -0.39 is 47.5 Å². The van der Waals surface area contributed by atoms with Gasteiger partial charge in [-0.1, -0.05) is 140 Å². The SMILES string of the molecule is Nc1ncnc2c1c(-c1ccc(NS(=O)(=O)c3cc(Cl)c(Cl)cc3Cl)c(F)c1)nn2C1CCCC1.Nc1ncnc2c1c(-c1ccc(NS(=O)(=O)c3cccc4ccccc34)c(F)c1)nn2C1CCCC1.Nc1ncnc2c1c(-c1ccc(NS(=O)(=O)c3ccccc3Br)c(F)c1)nn2C1CCCC1. The number of hydrogen-bond donors (Lipinski definition) is 6. The van der Waals surface area contributed by atoms with E-state index in [4.69, 9.17) is 67.3 Å². The van der Waals surface area contributed by atoms with E-state index in [1.807, 2.05) is 32.2 Å². The molecule has 13 aromatic rings. The van der Waals surface area contributed by atoms with Gasteiger partial charge < -0.3 is 17.2 Å². The van der Waals surface area contributed by atoms with Gasteiger partial charge in [0.2, 0.25) is 0 Å². The summed E-state index contributed by atoms with van der Waals surface area (Å²) >= 11 is 21.1. The molecule has 0 saturated heterocycles. The quantitative estimate of drug-likeness (QED) is 0.0519. The minimum atomic E-state index is -4.26. The molecule has 104 heavy (non-hydrogen) atoms. The van der Waals surface area contributed by atoms with Crippen molar-refractivity contribution in [3.05, 3.63) is 189 Å². The zero-order valence-electron chi connectivity index (χ0n) is 54.6. The average molecular weight is 1590 g/mol. The molecule has 34 heteroatoms. The normalized spacial score (nSPS) is 14.6. The first kappa shape index (κ1) is 71.2. The van der Waals surface area contributed by atoms with E-state index >= 15 is 13.2 Å². The molecule has 0 spiro atoms. The molecule has 3 aliphatic carbocycles. The van der Waals surface area contributed by atoms with Crippen LogP contribution in [0, 0.1) is 17.5 Å². The number of nitrogen functional groups attached to an aromatic ring is 3. The van der Waals surface area contributed by atoms with Gasteiger partial charge in [0, 0.05) is 26.5 Å². The molecule has 534 valence electrons. The summed E-state index contributed by atoms with van der Waals surface area (Å²) in [6, 6.07) is 33.9. The Morgan fingerprint density at radius 3 is 1.15 bits per heavy atom. The second-order valence-electron chi connectivity index (χ2n) is 25.1. The van der Waals surface area contributed by atoms with Gasteiger partial charge in [-0.2, -0.15) is 15.3 Å². The predicted octanol–water partition coefficient (Wildman–Crippen LogP) is 16.3. The third kappa shape index (κ3) is 14.1. The summed E-state index contributed by atoms with van der Waals surface area (Å²) in [4.78, 5) is 25.2. The number of hydrogen-bond acceptors (Lipinski definition) is 18. The molecular formula is C70H61BrCl3F3N18O6S3. The third-order valence-electron chi connectivity index (χ3n) is 18.5. The molecule has 6 heterocycles.